The van der Waals surface area contributed by atoms with Gasteiger partial charge in [-0.15, -0.1) is 0 Å². The second-order valence-electron chi connectivity index (χ2n) is 14.0. The zero-order valence-electron chi connectivity index (χ0n) is 29.6. The summed E-state index contributed by atoms with van der Waals surface area (Å²) in [6.45, 7) is 0. The van der Waals surface area contributed by atoms with Gasteiger partial charge in [-0.1, -0.05) is 152 Å². The van der Waals surface area contributed by atoms with E-state index in [1.54, 1.807) is 0 Å². The van der Waals surface area contributed by atoms with Gasteiger partial charge in [0.25, 0.3) is 0 Å². The van der Waals surface area contributed by atoms with Crippen LogP contribution in [0.5, 0.6) is 0 Å². The van der Waals surface area contributed by atoms with Crippen LogP contribution in [0.1, 0.15) is 0 Å². The van der Waals surface area contributed by atoms with Gasteiger partial charge in [-0.05, 0) is 91.0 Å². The minimum absolute atomic E-state index is 0.612. The molecule has 55 heavy (non-hydrogen) atoms. The summed E-state index contributed by atoms with van der Waals surface area (Å²) in [4.78, 5) is 15.6. The van der Waals surface area contributed by atoms with Crippen molar-refractivity contribution in [3.05, 3.63) is 188 Å². The third-order valence-electron chi connectivity index (χ3n) is 10.7. The molecule has 4 nitrogen and oxygen atoms in total. The van der Waals surface area contributed by atoms with Crippen LogP contribution < -0.4 is 0 Å². The Bertz CT molecular complexity index is 3260. The highest BCUT2D eigenvalue weighted by Gasteiger charge is 2.17. The van der Waals surface area contributed by atoms with Crippen molar-refractivity contribution in [3.63, 3.8) is 0 Å². The average molecular weight is 702 g/mol. The average Bonchev–Trinajstić information content (AvgIpc) is 3.62. The number of fused-ring (bicyclic) bond motifs is 6. The molecule has 0 aliphatic rings. The van der Waals surface area contributed by atoms with Gasteiger partial charge in [-0.25, -0.2) is 15.0 Å². The number of rotatable bonds is 5. The molecule has 0 amide bonds. The van der Waals surface area contributed by atoms with Crippen LogP contribution in [0.2, 0.25) is 0 Å². The largest absolute Gasteiger partial charge is 0.456 e. The van der Waals surface area contributed by atoms with E-state index in [0.29, 0.717) is 17.5 Å². The van der Waals surface area contributed by atoms with Gasteiger partial charge >= 0.3 is 0 Å². The number of hydrogen-bond donors (Lipinski definition) is 0. The SMILES string of the molecule is c1ccc(-c2ccc3ccc(-c4nc(-c5ccc6cc7c(cc6c5)oc5ccccc57)nc(-c5cccc6c(-c7ccccc7)cccc56)n4)cc3c2)cc1. The van der Waals surface area contributed by atoms with Crippen LogP contribution >= 0.6 is 0 Å². The predicted molar refractivity (Wildman–Crippen MR) is 227 cm³/mol. The lowest BCUT2D eigenvalue weighted by molar-refractivity contribution is 0.669. The smallest absolute Gasteiger partial charge is 0.164 e. The van der Waals surface area contributed by atoms with E-state index in [0.717, 1.165) is 70.9 Å². The van der Waals surface area contributed by atoms with Crippen molar-refractivity contribution in [2.24, 2.45) is 0 Å². The van der Waals surface area contributed by atoms with Crippen LogP contribution in [0.25, 0.3) is 111 Å². The molecule has 9 aromatic carbocycles. The van der Waals surface area contributed by atoms with Gasteiger partial charge < -0.3 is 4.42 Å². The Labute approximate surface area is 317 Å². The van der Waals surface area contributed by atoms with E-state index < -0.39 is 0 Å². The van der Waals surface area contributed by atoms with Gasteiger partial charge in [-0.2, -0.15) is 0 Å². The fourth-order valence-electron chi connectivity index (χ4n) is 7.93. The van der Waals surface area contributed by atoms with E-state index in [4.69, 9.17) is 19.4 Å². The summed E-state index contributed by atoms with van der Waals surface area (Å²) in [5.74, 6) is 1.86. The summed E-state index contributed by atoms with van der Waals surface area (Å²) in [6, 6.07) is 65.9. The third kappa shape index (κ3) is 5.43. The van der Waals surface area contributed by atoms with Gasteiger partial charge in [0.15, 0.2) is 17.5 Å². The zero-order valence-corrected chi connectivity index (χ0v) is 29.6. The van der Waals surface area contributed by atoms with Crippen LogP contribution in [-0.4, -0.2) is 15.0 Å². The van der Waals surface area contributed by atoms with E-state index in [9.17, 15) is 0 Å². The number of para-hydroxylation sites is 1. The lowest BCUT2D eigenvalue weighted by Crippen LogP contribution is -2.01. The molecule has 2 heterocycles. The standard InChI is InChI=1S/C51H31N3O/c1-3-11-32(12-4-1)35-23-21-33-22-25-37(28-39(33)27-35)49-52-50(38-26-24-36-30-46-44-15-7-8-20-47(44)55-48(46)31-40(36)29-38)54-51(53-49)45-19-10-17-42-41(16-9-18-43(42)45)34-13-5-2-6-14-34/h1-31H. The Morgan fingerprint density at radius 2 is 0.818 bits per heavy atom. The maximum Gasteiger partial charge on any atom is 0.164 e. The molecule has 0 saturated carbocycles. The monoisotopic (exact) mass is 701 g/mol. The minimum Gasteiger partial charge on any atom is -0.456 e. The van der Waals surface area contributed by atoms with Crippen LogP contribution in [0, 0.1) is 0 Å². The molecule has 0 N–H and O–H groups in total. The summed E-state index contributed by atoms with van der Waals surface area (Å²) in [6.07, 6.45) is 0. The van der Waals surface area contributed by atoms with Gasteiger partial charge in [0.2, 0.25) is 0 Å². The first-order chi connectivity index (χ1) is 27.2. The summed E-state index contributed by atoms with van der Waals surface area (Å²) in [5, 5.41) is 8.93. The first kappa shape index (κ1) is 31.1. The summed E-state index contributed by atoms with van der Waals surface area (Å²) in [5.41, 5.74) is 9.23. The highest BCUT2D eigenvalue weighted by atomic mass is 16.3. The Balaban J connectivity index is 1.11. The van der Waals surface area contributed by atoms with Gasteiger partial charge in [-0.3, -0.25) is 0 Å². The van der Waals surface area contributed by atoms with E-state index in [1.165, 1.54) is 22.3 Å². The van der Waals surface area contributed by atoms with Crippen molar-refractivity contribution in [3.8, 4) is 56.4 Å². The molecule has 0 spiro atoms. The van der Waals surface area contributed by atoms with Crippen molar-refractivity contribution < 1.29 is 4.42 Å². The minimum atomic E-state index is 0.612. The lowest BCUT2D eigenvalue weighted by Gasteiger charge is -2.13. The molecule has 0 atom stereocenters. The second kappa shape index (κ2) is 12.6. The molecular formula is C51H31N3O. The molecule has 0 saturated heterocycles. The summed E-state index contributed by atoms with van der Waals surface area (Å²) >= 11 is 0. The van der Waals surface area contributed by atoms with Crippen molar-refractivity contribution in [1.82, 2.24) is 15.0 Å². The number of hydrogen-bond acceptors (Lipinski definition) is 4. The van der Waals surface area contributed by atoms with Crippen molar-refractivity contribution in [1.29, 1.82) is 0 Å². The van der Waals surface area contributed by atoms with Crippen LogP contribution in [0.4, 0.5) is 0 Å². The van der Waals surface area contributed by atoms with Crippen molar-refractivity contribution >= 4 is 54.3 Å². The first-order valence-electron chi connectivity index (χ1n) is 18.5. The van der Waals surface area contributed by atoms with Crippen LogP contribution in [-0.2, 0) is 0 Å². The molecule has 4 heteroatoms. The van der Waals surface area contributed by atoms with Gasteiger partial charge in [0, 0.05) is 27.5 Å². The molecule has 11 rings (SSSR count). The third-order valence-corrected chi connectivity index (χ3v) is 10.7. The molecular weight excluding hydrogens is 671 g/mol. The van der Waals surface area contributed by atoms with Crippen LogP contribution in [0.3, 0.4) is 0 Å². The Morgan fingerprint density at radius 3 is 1.56 bits per heavy atom. The molecule has 256 valence electrons. The van der Waals surface area contributed by atoms with E-state index in [-0.39, 0.29) is 0 Å². The molecule has 0 bridgehead atoms. The Morgan fingerprint density at radius 1 is 0.273 bits per heavy atom. The Hall–Kier alpha value is -7.43. The number of benzene rings is 9. The maximum atomic E-state index is 6.27. The van der Waals surface area contributed by atoms with E-state index in [1.807, 2.05) is 18.2 Å². The summed E-state index contributed by atoms with van der Waals surface area (Å²) in [7, 11) is 0. The fraction of sp³-hybridized carbons (Fsp3) is 0. The van der Waals surface area contributed by atoms with Gasteiger partial charge in [0.1, 0.15) is 11.2 Å². The van der Waals surface area contributed by atoms with Gasteiger partial charge in [0.05, 0.1) is 0 Å². The molecule has 2 aromatic heterocycles. The molecule has 0 aliphatic heterocycles. The molecule has 11 aromatic rings. The fourth-order valence-corrected chi connectivity index (χ4v) is 7.93. The number of nitrogens with zero attached hydrogens (tertiary/aromatic N) is 3. The normalized spacial score (nSPS) is 11.6. The first-order valence-corrected chi connectivity index (χ1v) is 18.5. The maximum absolute atomic E-state index is 6.27. The van der Waals surface area contributed by atoms with Crippen molar-refractivity contribution in [2.45, 2.75) is 0 Å². The molecule has 0 fully saturated rings. The topological polar surface area (TPSA) is 51.8 Å². The predicted octanol–water partition coefficient (Wildman–Crippen LogP) is 13.6. The van der Waals surface area contributed by atoms with Crippen molar-refractivity contribution in [2.75, 3.05) is 0 Å². The molecule has 0 aliphatic carbocycles. The van der Waals surface area contributed by atoms with E-state index in [2.05, 4.69) is 170 Å². The highest BCUT2D eigenvalue weighted by Crippen LogP contribution is 2.37. The number of aromatic nitrogens is 3. The zero-order chi connectivity index (χ0) is 36.3. The molecule has 0 radical (unpaired) electrons. The quantitative estimate of drug-likeness (QED) is 0.179. The second-order valence-corrected chi connectivity index (χ2v) is 14.0. The highest BCUT2D eigenvalue weighted by molar-refractivity contribution is 6.10. The molecule has 0 unspecified atom stereocenters. The van der Waals surface area contributed by atoms with E-state index >= 15 is 0 Å². The number of furan rings is 1. The Kier molecular flexibility index (Phi) is 7.14. The van der Waals surface area contributed by atoms with Crippen LogP contribution in [0.15, 0.2) is 192 Å². The summed E-state index contributed by atoms with van der Waals surface area (Å²) < 4.78 is 6.27. The lowest BCUT2D eigenvalue weighted by atomic mass is 9.95.